The fourth-order valence-corrected chi connectivity index (χ4v) is 8.33. The van der Waals surface area contributed by atoms with Gasteiger partial charge in [-0.1, -0.05) is 224 Å². The fourth-order valence-electron chi connectivity index (χ4n) is 8.33. The van der Waals surface area contributed by atoms with Crippen LogP contribution in [0.25, 0.3) is 101 Å². The van der Waals surface area contributed by atoms with Gasteiger partial charge < -0.3 is 0 Å². The highest BCUT2D eigenvalue weighted by molar-refractivity contribution is 6.08. The summed E-state index contributed by atoms with van der Waals surface area (Å²) in [6.07, 6.45) is 0. The molecule has 0 aliphatic rings. The number of hydrogen-bond donors (Lipinski definition) is 0. The first kappa shape index (κ1) is 36.4. The molecule has 0 unspecified atom stereocenters. The molecule has 0 atom stereocenters. The molecule has 1 aromatic heterocycles. The zero-order valence-corrected chi connectivity index (χ0v) is 33.0. The van der Waals surface area contributed by atoms with Crippen molar-refractivity contribution in [2.45, 2.75) is 0 Å². The van der Waals surface area contributed by atoms with E-state index in [4.69, 9.17) is 9.97 Å². The molecule has 0 N–H and O–H groups in total. The minimum absolute atomic E-state index is 0.685. The van der Waals surface area contributed by atoms with Crippen LogP contribution in [0, 0.1) is 0 Å². The molecule has 0 amide bonds. The maximum absolute atomic E-state index is 5.19. The van der Waals surface area contributed by atoms with Gasteiger partial charge in [0.15, 0.2) is 5.82 Å². The molecule has 2 nitrogen and oxygen atoms in total. The molecule has 0 saturated heterocycles. The van der Waals surface area contributed by atoms with E-state index in [1.165, 1.54) is 38.9 Å². The van der Waals surface area contributed by atoms with E-state index in [0.29, 0.717) is 5.82 Å². The Morgan fingerprint density at radius 2 is 0.567 bits per heavy atom. The standard InChI is InChI=1S/C58H40N2/c1-7-22-41(23-8-1)51-39-52(56(45-30-15-5-16-31-45)57(46-32-17-6-18-33-46)55(51)44-28-13-4-14-29-44)50-37-20-19-36-49(50)47-34-21-35-48(38-47)58-59-53(42-24-9-2-10-25-42)40-54(60-58)43-26-11-3-12-27-43/h1-40H. The molecule has 282 valence electrons. The van der Waals surface area contributed by atoms with Crippen molar-refractivity contribution < 1.29 is 0 Å². The molecule has 9 aromatic carbocycles. The number of nitrogens with zero attached hydrogens (tertiary/aromatic N) is 2. The Labute approximate surface area is 351 Å². The number of aromatic nitrogens is 2. The predicted molar refractivity (Wildman–Crippen MR) is 251 cm³/mol. The molecule has 0 aliphatic carbocycles. The van der Waals surface area contributed by atoms with Crippen LogP contribution in [0.2, 0.25) is 0 Å². The minimum atomic E-state index is 0.685. The van der Waals surface area contributed by atoms with Crippen molar-refractivity contribution in [1.82, 2.24) is 9.97 Å². The average Bonchev–Trinajstić information content (AvgIpc) is 3.35. The van der Waals surface area contributed by atoms with Gasteiger partial charge in [-0.3, -0.25) is 0 Å². The number of hydrogen-bond acceptors (Lipinski definition) is 2. The van der Waals surface area contributed by atoms with Crippen LogP contribution >= 0.6 is 0 Å². The summed E-state index contributed by atoms with van der Waals surface area (Å²) in [5, 5.41) is 0. The van der Waals surface area contributed by atoms with Crippen molar-refractivity contribution in [3.05, 3.63) is 243 Å². The third-order valence-corrected chi connectivity index (χ3v) is 11.1. The van der Waals surface area contributed by atoms with Crippen molar-refractivity contribution in [3.8, 4) is 101 Å². The minimum Gasteiger partial charge on any atom is -0.228 e. The van der Waals surface area contributed by atoms with Crippen LogP contribution in [-0.2, 0) is 0 Å². The van der Waals surface area contributed by atoms with E-state index in [1.54, 1.807) is 0 Å². The second kappa shape index (κ2) is 16.5. The van der Waals surface area contributed by atoms with Crippen LogP contribution in [0.5, 0.6) is 0 Å². The SMILES string of the molecule is c1ccc(-c2cc(-c3ccccc3)nc(-c3cccc(-c4ccccc4-c4cc(-c5ccccc5)c(-c5ccccc5)c(-c5ccccc5)c4-c4ccccc4)c3)n2)cc1. The highest BCUT2D eigenvalue weighted by Crippen LogP contribution is 2.51. The van der Waals surface area contributed by atoms with Gasteiger partial charge >= 0.3 is 0 Å². The van der Waals surface area contributed by atoms with E-state index >= 15 is 0 Å². The summed E-state index contributed by atoms with van der Waals surface area (Å²) in [6.45, 7) is 0. The zero-order valence-electron chi connectivity index (χ0n) is 33.0. The lowest BCUT2D eigenvalue weighted by Crippen LogP contribution is -1.99. The first-order valence-corrected chi connectivity index (χ1v) is 20.4. The van der Waals surface area contributed by atoms with Gasteiger partial charge in [-0.25, -0.2) is 9.97 Å². The lowest BCUT2D eigenvalue weighted by Gasteiger charge is -2.25. The molecule has 0 bridgehead atoms. The molecule has 0 radical (unpaired) electrons. The van der Waals surface area contributed by atoms with E-state index in [0.717, 1.165) is 55.9 Å². The first-order chi connectivity index (χ1) is 29.8. The van der Waals surface area contributed by atoms with Gasteiger partial charge in [-0.05, 0) is 85.0 Å². The lowest BCUT2D eigenvalue weighted by molar-refractivity contribution is 1.18. The number of benzene rings is 9. The highest BCUT2D eigenvalue weighted by Gasteiger charge is 2.25. The normalized spacial score (nSPS) is 11.0. The Morgan fingerprint density at radius 3 is 1.07 bits per heavy atom. The van der Waals surface area contributed by atoms with Gasteiger partial charge in [0, 0.05) is 16.7 Å². The fraction of sp³-hybridized carbons (Fsp3) is 0. The highest BCUT2D eigenvalue weighted by atomic mass is 14.9. The van der Waals surface area contributed by atoms with Gasteiger partial charge in [0.05, 0.1) is 11.4 Å². The first-order valence-electron chi connectivity index (χ1n) is 20.4. The molecule has 0 saturated carbocycles. The quantitative estimate of drug-likeness (QED) is 0.146. The smallest absolute Gasteiger partial charge is 0.160 e. The van der Waals surface area contributed by atoms with Gasteiger partial charge in [0.25, 0.3) is 0 Å². The second-order valence-corrected chi connectivity index (χ2v) is 14.9. The van der Waals surface area contributed by atoms with Gasteiger partial charge in [-0.15, -0.1) is 0 Å². The summed E-state index contributed by atoms with van der Waals surface area (Å²) < 4.78 is 0. The summed E-state index contributed by atoms with van der Waals surface area (Å²) >= 11 is 0. The Kier molecular flexibility index (Phi) is 10.0. The summed E-state index contributed by atoms with van der Waals surface area (Å²) in [7, 11) is 0. The van der Waals surface area contributed by atoms with Crippen LogP contribution in [0.4, 0.5) is 0 Å². The lowest BCUT2D eigenvalue weighted by atomic mass is 9.78. The molecular weight excluding hydrogens is 725 g/mol. The van der Waals surface area contributed by atoms with Gasteiger partial charge in [-0.2, -0.15) is 0 Å². The summed E-state index contributed by atoms with van der Waals surface area (Å²) in [5.41, 5.74) is 18.8. The van der Waals surface area contributed by atoms with Crippen molar-refractivity contribution in [1.29, 1.82) is 0 Å². The topological polar surface area (TPSA) is 25.8 Å². The van der Waals surface area contributed by atoms with Crippen LogP contribution in [-0.4, -0.2) is 9.97 Å². The Bertz CT molecular complexity index is 2980. The maximum atomic E-state index is 5.19. The summed E-state index contributed by atoms with van der Waals surface area (Å²) in [6, 6.07) is 86.1. The van der Waals surface area contributed by atoms with E-state index in [2.05, 4.69) is 231 Å². The molecule has 0 aliphatic heterocycles. The Hall–Kier alpha value is -7.94. The summed E-state index contributed by atoms with van der Waals surface area (Å²) in [4.78, 5) is 10.4. The third-order valence-electron chi connectivity index (χ3n) is 11.1. The largest absolute Gasteiger partial charge is 0.228 e. The molecule has 1 heterocycles. The van der Waals surface area contributed by atoms with Crippen molar-refractivity contribution >= 4 is 0 Å². The molecular formula is C58H40N2. The van der Waals surface area contributed by atoms with E-state index in [1.807, 2.05) is 12.1 Å². The predicted octanol–water partition coefficient (Wildman–Crippen LogP) is 15.5. The third kappa shape index (κ3) is 7.23. The Morgan fingerprint density at radius 1 is 0.200 bits per heavy atom. The van der Waals surface area contributed by atoms with Gasteiger partial charge in [0.2, 0.25) is 0 Å². The maximum Gasteiger partial charge on any atom is 0.160 e. The van der Waals surface area contributed by atoms with E-state index in [9.17, 15) is 0 Å². The zero-order chi connectivity index (χ0) is 40.1. The van der Waals surface area contributed by atoms with Crippen LogP contribution in [0.15, 0.2) is 243 Å². The van der Waals surface area contributed by atoms with Crippen LogP contribution in [0.1, 0.15) is 0 Å². The van der Waals surface area contributed by atoms with Gasteiger partial charge in [0.1, 0.15) is 0 Å². The summed E-state index contributed by atoms with van der Waals surface area (Å²) in [5.74, 6) is 0.685. The molecule has 10 rings (SSSR count). The molecule has 0 spiro atoms. The molecule has 0 fully saturated rings. The molecule has 10 aromatic rings. The van der Waals surface area contributed by atoms with Crippen LogP contribution in [0.3, 0.4) is 0 Å². The molecule has 2 heteroatoms. The average molecular weight is 765 g/mol. The van der Waals surface area contributed by atoms with Crippen molar-refractivity contribution in [3.63, 3.8) is 0 Å². The number of rotatable bonds is 9. The van der Waals surface area contributed by atoms with Crippen LogP contribution < -0.4 is 0 Å². The Balaban J connectivity index is 1.23. The van der Waals surface area contributed by atoms with Crippen molar-refractivity contribution in [2.24, 2.45) is 0 Å². The monoisotopic (exact) mass is 764 g/mol. The van der Waals surface area contributed by atoms with Crippen molar-refractivity contribution in [2.75, 3.05) is 0 Å². The molecule has 60 heavy (non-hydrogen) atoms. The van der Waals surface area contributed by atoms with E-state index < -0.39 is 0 Å². The second-order valence-electron chi connectivity index (χ2n) is 14.9. The van der Waals surface area contributed by atoms with E-state index in [-0.39, 0.29) is 0 Å².